The summed E-state index contributed by atoms with van der Waals surface area (Å²) in [6.45, 7) is 9.78. The number of sulfonamides is 1. The first-order valence-electron chi connectivity index (χ1n) is 14.0. The van der Waals surface area contributed by atoms with Crippen LogP contribution in [-0.2, 0) is 22.9 Å². The van der Waals surface area contributed by atoms with Gasteiger partial charge >= 0.3 is 0 Å². The van der Waals surface area contributed by atoms with Crippen molar-refractivity contribution in [1.82, 2.24) is 9.88 Å². The van der Waals surface area contributed by atoms with Gasteiger partial charge in [-0.2, -0.15) is 0 Å². The third-order valence-corrected chi connectivity index (χ3v) is 10.5. The van der Waals surface area contributed by atoms with Crippen LogP contribution in [0.2, 0.25) is 0 Å². The predicted molar refractivity (Wildman–Crippen MR) is 164 cm³/mol. The van der Waals surface area contributed by atoms with Gasteiger partial charge in [-0.05, 0) is 85.9 Å². The standard InChI is InChI=1S/C31H36N4O3S2/c1-4-23-13-18-27-29(22-23)39-31(32-27)34(21-20-33(5-2)6-3)30(36)25-14-16-26(17-15-25)40(37,38)35-19-9-11-24-10-7-8-12-28(24)35/h7-8,10,12-18,22H,4-6,9,11,19-21H2,1-3H3. The summed E-state index contributed by atoms with van der Waals surface area (Å²) in [6, 6.07) is 20.2. The number of aryl methyl sites for hydroxylation is 2. The molecule has 0 atom stereocenters. The molecule has 0 spiro atoms. The lowest BCUT2D eigenvalue weighted by Gasteiger charge is -2.30. The number of aromatic nitrogens is 1. The summed E-state index contributed by atoms with van der Waals surface area (Å²) in [4.78, 5) is 22.9. The second kappa shape index (κ2) is 12.1. The maximum absolute atomic E-state index is 13.9. The minimum absolute atomic E-state index is 0.183. The number of fused-ring (bicyclic) bond motifs is 2. The number of rotatable bonds is 10. The van der Waals surface area contributed by atoms with E-state index in [1.165, 1.54) is 21.2 Å². The molecule has 0 unspecified atom stereocenters. The lowest BCUT2D eigenvalue weighted by atomic mass is 10.0. The largest absolute Gasteiger partial charge is 0.302 e. The zero-order valence-electron chi connectivity index (χ0n) is 23.3. The summed E-state index contributed by atoms with van der Waals surface area (Å²) in [7, 11) is -3.75. The van der Waals surface area contributed by atoms with E-state index in [9.17, 15) is 13.2 Å². The van der Waals surface area contributed by atoms with E-state index in [1.54, 1.807) is 29.2 Å². The Labute approximate surface area is 241 Å². The molecule has 2 heterocycles. The van der Waals surface area contributed by atoms with E-state index in [0.717, 1.165) is 60.4 Å². The van der Waals surface area contributed by atoms with Gasteiger partial charge < -0.3 is 4.90 Å². The van der Waals surface area contributed by atoms with Gasteiger partial charge in [-0.25, -0.2) is 13.4 Å². The highest BCUT2D eigenvalue weighted by molar-refractivity contribution is 7.92. The van der Waals surface area contributed by atoms with Gasteiger partial charge in [0.25, 0.3) is 15.9 Å². The van der Waals surface area contributed by atoms with Crippen LogP contribution < -0.4 is 9.21 Å². The molecule has 210 valence electrons. The van der Waals surface area contributed by atoms with Crippen molar-refractivity contribution in [3.63, 3.8) is 0 Å². The summed E-state index contributed by atoms with van der Waals surface area (Å²) in [5.41, 5.74) is 4.32. The lowest BCUT2D eigenvalue weighted by Crippen LogP contribution is -2.39. The molecule has 0 fully saturated rings. The molecule has 1 amide bonds. The smallest absolute Gasteiger partial charge is 0.264 e. The molecule has 1 aliphatic heterocycles. The molecule has 1 aliphatic rings. The minimum atomic E-state index is -3.75. The number of anilines is 2. The van der Waals surface area contributed by atoms with Crippen molar-refractivity contribution in [3.05, 3.63) is 83.4 Å². The maximum Gasteiger partial charge on any atom is 0.264 e. The van der Waals surface area contributed by atoms with E-state index in [1.807, 2.05) is 30.3 Å². The number of hydrogen-bond donors (Lipinski definition) is 0. The zero-order valence-corrected chi connectivity index (χ0v) is 25.0. The minimum Gasteiger partial charge on any atom is -0.302 e. The summed E-state index contributed by atoms with van der Waals surface area (Å²) in [6.07, 6.45) is 2.58. The van der Waals surface area contributed by atoms with Crippen LogP contribution in [0, 0.1) is 0 Å². The maximum atomic E-state index is 13.9. The summed E-state index contributed by atoms with van der Waals surface area (Å²) in [5.74, 6) is -0.186. The van der Waals surface area contributed by atoms with E-state index in [4.69, 9.17) is 4.98 Å². The van der Waals surface area contributed by atoms with Crippen molar-refractivity contribution in [1.29, 1.82) is 0 Å². The molecule has 9 heteroatoms. The number of benzene rings is 3. The fourth-order valence-corrected chi connectivity index (χ4v) is 7.75. The highest BCUT2D eigenvalue weighted by atomic mass is 32.2. The van der Waals surface area contributed by atoms with Crippen LogP contribution in [-0.4, -0.2) is 56.9 Å². The van der Waals surface area contributed by atoms with Gasteiger partial charge in [0, 0.05) is 25.2 Å². The average Bonchev–Trinajstić information content (AvgIpc) is 3.41. The van der Waals surface area contributed by atoms with Crippen molar-refractivity contribution < 1.29 is 13.2 Å². The van der Waals surface area contributed by atoms with Crippen LogP contribution in [0.25, 0.3) is 10.2 Å². The monoisotopic (exact) mass is 576 g/mol. The average molecular weight is 577 g/mol. The Hall–Kier alpha value is -3.27. The first kappa shape index (κ1) is 28.3. The highest BCUT2D eigenvalue weighted by Crippen LogP contribution is 2.33. The number of likely N-dealkylation sites (N-methyl/N-ethyl adjacent to an activating group) is 1. The van der Waals surface area contributed by atoms with Gasteiger partial charge in [0.15, 0.2) is 5.13 Å². The topological polar surface area (TPSA) is 73.8 Å². The van der Waals surface area contributed by atoms with Crippen molar-refractivity contribution >= 4 is 48.3 Å². The fraction of sp³-hybridized carbons (Fsp3) is 0.355. The molecule has 0 N–H and O–H groups in total. The SMILES string of the molecule is CCc1ccc2nc(N(CCN(CC)CC)C(=O)c3ccc(S(=O)(=O)N4CCCc5ccccc54)cc3)sc2c1. The van der Waals surface area contributed by atoms with Gasteiger partial charge in [0.1, 0.15) is 0 Å². The normalized spacial score (nSPS) is 13.6. The molecular weight excluding hydrogens is 541 g/mol. The molecule has 0 radical (unpaired) electrons. The number of nitrogens with zero attached hydrogens (tertiary/aromatic N) is 4. The number of para-hydroxylation sites is 1. The number of hydrogen-bond acceptors (Lipinski definition) is 6. The van der Waals surface area contributed by atoms with Crippen LogP contribution >= 0.6 is 11.3 Å². The molecule has 0 aliphatic carbocycles. The van der Waals surface area contributed by atoms with Crippen LogP contribution in [0.1, 0.15) is 48.7 Å². The fourth-order valence-electron chi connectivity index (χ4n) is 5.16. The molecule has 5 rings (SSSR count). The van der Waals surface area contributed by atoms with Gasteiger partial charge in [-0.3, -0.25) is 14.0 Å². The van der Waals surface area contributed by atoms with E-state index in [-0.39, 0.29) is 10.8 Å². The quantitative estimate of drug-likeness (QED) is 0.232. The first-order chi connectivity index (χ1) is 19.3. The number of thiazole rings is 1. The Morgan fingerprint density at radius 1 is 0.975 bits per heavy atom. The van der Waals surface area contributed by atoms with Crippen LogP contribution in [0.4, 0.5) is 10.8 Å². The Morgan fingerprint density at radius 3 is 2.45 bits per heavy atom. The lowest BCUT2D eigenvalue weighted by molar-refractivity contribution is 0.0983. The predicted octanol–water partition coefficient (Wildman–Crippen LogP) is 5.99. The first-order valence-corrected chi connectivity index (χ1v) is 16.3. The Balaban J connectivity index is 1.44. The molecule has 3 aromatic carbocycles. The second-order valence-electron chi connectivity index (χ2n) is 9.97. The molecular formula is C31H36N4O3S2. The summed E-state index contributed by atoms with van der Waals surface area (Å²) < 4.78 is 29.7. The zero-order chi connectivity index (χ0) is 28.3. The van der Waals surface area contributed by atoms with Gasteiger partial charge in [-0.15, -0.1) is 0 Å². The molecule has 0 saturated heterocycles. The van der Waals surface area contributed by atoms with Crippen LogP contribution in [0.3, 0.4) is 0 Å². The summed E-state index contributed by atoms with van der Waals surface area (Å²) in [5, 5.41) is 0.655. The molecule has 1 aromatic heterocycles. The molecule has 0 bridgehead atoms. The van der Waals surface area contributed by atoms with Gasteiger partial charge in [0.05, 0.1) is 20.8 Å². The third-order valence-electron chi connectivity index (χ3n) is 7.62. The van der Waals surface area contributed by atoms with Crippen molar-refractivity contribution in [2.75, 3.05) is 41.9 Å². The second-order valence-corrected chi connectivity index (χ2v) is 12.8. The Morgan fingerprint density at radius 2 is 1.73 bits per heavy atom. The number of amides is 1. The molecule has 40 heavy (non-hydrogen) atoms. The molecule has 4 aromatic rings. The van der Waals surface area contributed by atoms with Crippen molar-refractivity contribution in [2.45, 2.75) is 44.9 Å². The van der Waals surface area contributed by atoms with Gasteiger partial charge in [0.2, 0.25) is 0 Å². The van der Waals surface area contributed by atoms with E-state index < -0.39 is 10.0 Å². The summed E-state index contributed by atoms with van der Waals surface area (Å²) >= 11 is 1.52. The highest BCUT2D eigenvalue weighted by Gasteiger charge is 2.29. The number of carbonyl (C=O) groups is 1. The Bertz CT molecular complexity index is 1590. The van der Waals surface area contributed by atoms with Gasteiger partial charge in [-0.1, -0.05) is 56.4 Å². The Kier molecular flexibility index (Phi) is 8.54. The van der Waals surface area contributed by atoms with Crippen molar-refractivity contribution in [2.24, 2.45) is 0 Å². The van der Waals surface area contributed by atoms with Crippen LogP contribution in [0.5, 0.6) is 0 Å². The van der Waals surface area contributed by atoms with E-state index in [2.05, 4.69) is 37.8 Å². The molecule has 0 saturated carbocycles. The van der Waals surface area contributed by atoms with E-state index >= 15 is 0 Å². The van der Waals surface area contributed by atoms with Crippen molar-refractivity contribution in [3.8, 4) is 0 Å². The van der Waals surface area contributed by atoms with E-state index in [0.29, 0.717) is 23.8 Å². The van der Waals surface area contributed by atoms with Crippen LogP contribution in [0.15, 0.2) is 71.6 Å². The number of carbonyl (C=O) groups excluding carboxylic acids is 1. The molecule has 7 nitrogen and oxygen atoms in total. The third kappa shape index (κ3) is 5.64.